The Kier molecular flexibility index (Phi) is 7.06. The topological polar surface area (TPSA) is 128 Å². The van der Waals surface area contributed by atoms with Crippen LogP contribution in [-0.4, -0.2) is 77.2 Å². The number of hydrogen-bond donors (Lipinski definition) is 5. The van der Waals surface area contributed by atoms with Crippen LogP contribution in [0.15, 0.2) is 0 Å². The highest BCUT2D eigenvalue weighted by Crippen LogP contribution is 2.17. The summed E-state index contributed by atoms with van der Waals surface area (Å²) in [6, 6.07) is -1.99. The number of carboxylic acids is 1. The number of rotatable bonds is 7. The Morgan fingerprint density at radius 1 is 1.24 bits per heavy atom. The first-order valence-electron chi connectivity index (χ1n) is 8.38. The largest absolute Gasteiger partial charge is 0.480 e. The van der Waals surface area contributed by atoms with Crippen LogP contribution in [0.3, 0.4) is 0 Å². The molecule has 0 spiro atoms. The molecule has 140 valence electrons. The standard InChI is InChI=1S/C15H24N4O5S/c20-12(19-6-2-4-11(19)15(23)24)7-17-13(21)10(8-25)18-14(22)9-3-1-5-16-9/h9-11,16,25H,1-8H2,(H,17,21)(H,18,22)(H,23,24). The first-order chi connectivity index (χ1) is 11.9. The molecular formula is C15H24N4O5S. The maximum atomic E-state index is 12.2. The molecule has 2 aliphatic heterocycles. The zero-order chi connectivity index (χ0) is 18.4. The van der Waals surface area contributed by atoms with E-state index in [1.807, 2.05) is 0 Å². The normalized spacial score (nSPS) is 24.0. The molecule has 2 aliphatic rings. The number of carbonyl (C=O) groups is 4. The third-order valence-electron chi connectivity index (χ3n) is 4.46. The van der Waals surface area contributed by atoms with E-state index in [-0.39, 0.29) is 24.2 Å². The van der Waals surface area contributed by atoms with E-state index in [0.29, 0.717) is 19.4 Å². The van der Waals surface area contributed by atoms with Gasteiger partial charge in [0.15, 0.2) is 0 Å². The molecule has 3 unspecified atom stereocenters. The number of nitrogens with zero attached hydrogens (tertiary/aromatic N) is 1. The molecule has 0 bridgehead atoms. The summed E-state index contributed by atoms with van der Waals surface area (Å²) >= 11 is 4.08. The predicted molar refractivity (Wildman–Crippen MR) is 92.2 cm³/mol. The van der Waals surface area contributed by atoms with E-state index in [2.05, 4.69) is 28.6 Å². The number of aliphatic carboxylic acids is 1. The van der Waals surface area contributed by atoms with Crippen LogP contribution in [0.1, 0.15) is 25.7 Å². The molecule has 4 N–H and O–H groups in total. The molecule has 0 radical (unpaired) electrons. The molecule has 2 rings (SSSR count). The van der Waals surface area contributed by atoms with E-state index in [4.69, 9.17) is 5.11 Å². The third kappa shape index (κ3) is 5.08. The molecule has 0 aromatic carbocycles. The lowest BCUT2D eigenvalue weighted by Crippen LogP contribution is -2.54. The Morgan fingerprint density at radius 3 is 2.60 bits per heavy atom. The molecule has 10 heteroatoms. The van der Waals surface area contributed by atoms with E-state index in [1.54, 1.807) is 0 Å². The van der Waals surface area contributed by atoms with Gasteiger partial charge in [-0.15, -0.1) is 0 Å². The SMILES string of the molecule is O=C(NC(CS)C(=O)NCC(=O)N1CCCC1C(=O)O)C1CCCN1. The molecule has 9 nitrogen and oxygen atoms in total. The van der Waals surface area contributed by atoms with Gasteiger partial charge in [-0.05, 0) is 32.2 Å². The zero-order valence-corrected chi connectivity index (χ0v) is 14.8. The van der Waals surface area contributed by atoms with Crippen LogP contribution in [0, 0.1) is 0 Å². The van der Waals surface area contributed by atoms with Crippen molar-refractivity contribution >= 4 is 36.3 Å². The first-order valence-corrected chi connectivity index (χ1v) is 9.02. The molecule has 25 heavy (non-hydrogen) atoms. The zero-order valence-electron chi connectivity index (χ0n) is 13.9. The molecule has 0 saturated carbocycles. The number of carboxylic acid groups (broad SMARTS) is 1. The Bertz CT molecular complexity index is 538. The number of hydrogen-bond acceptors (Lipinski definition) is 6. The molecule has 0 aromatic rings. The van der Waals surface area contributed by atoms with Crippen molar-refractivity contribution in [1.82, 2.24) is 20.9 Å². The average Bonchev–Trinajstić information content (AvgIpc) is 3.28. The number of amides is 3. The second kappa shape index (κ2) is 9.04. The lowest BCUT2D eigenvalue weighted by molar-refractivity contribution is -0.148. The van der Waals surface area contributed by atoms with Crippen LogP contribution in [-0.2, 0) is 19.2 Å². The molecule has 2 saturated heterocycles. The first kappa shape index (κ1) is 19.5. The van der Waals surface area contributed by atoms with E-state index >= 15 is 0 Å². The van der Waals surface area contributed by atoms with Gasteiger partial charge < -0.3 is 26.0 Å². The van der Waals surface area contributed by atoms with Crippen LogP contribution in [0.5, 0.6) is 0 Å². The van der Waals surface area contributed by atoms with E-state index < -0.39 is 29.9 Å². The molecular weight excluding hydrogens is 348 g/mol. The highest BCUT2D eigenvalue weighted by molar-refractivity contribution is 7.80. The van der Waals surface area contributed by atoms with Crippen molar-refractivity contribution in [1.29, 1.82) is 0 Å². The van der Waals surface area contributed by atoms with Crippen LogP contribution in [0.25, 0.3) is 0 Å². The summed E-state index contributed by atoms with van der Waals surface area (Å²) in [5.74, 6) is -2.16. The van der Waals surface area contributed by atoms with Gasteiger partial charge in [-0.1, -0.05) is 0 Å². The Hall–Kier alpha value is -1.81. The van der Waals surface area contributed by atoms with Gasteiger partial charge in [0.05, 0.1) is 12.6 Å². The van der Waals surface area contributed by atoms with Gasteiger partial charge in [-0.3, -0.25) is 14.4 Å². The second-order valence-electron chi connectivity index (χ2n) is 6.19. The van der Waals surface area contributed by atoms with Crippen LogP contribution >= 0.6 is 12.6 Å². The highest BCUT2D eigenvalue weighted by atomic mass is 32.1. The number of carbonyl (C=O) groups excluding carboxylic acids is 3. The molecule has 2 fully saturated rings. The van der Waals surface area contributed by atoms with Gasteiger partial charge in [-0.25, -0.2) is 4.79 Å². The van der Waals surface area contributed by atoms with E-state index in [1.165, 1.54) is 4.90 Å². The molecule has 3 atom stereocenters. The van der Waals surface area contributed by atoms with Gasteiger partial charge in [0.25, 0.3) is 0 Å². The van der Waals surface area contributed by atoms with Gasteiger partial charge in [-0.2, -0.15) is 12.6 Å². The number of likely N-dealkylation sites (tertiary alicyclic amines) is 1. The van der Waals surface area contributed by atoms with Gasteiger partial charge >= 0.3 is 5.97 Å². The Labute approximate surface area is 151 Å². The smallest absolute Gasteiger partial charge is 0.326 e. The summed E-state index contributed by atoms with van der Waals surface area (Å²) in [5, 5.41) is 17.2. The van der Waals surface area contributed by atoms with Gasteiger partial charge in [0.1, 0.15) is 12.1 Å². The average molecular weight is 372 g/mol. The fourth-order valence-corrected chi connectivity index (χ4v) is 3.34. The third-order valence-corrected chi connectivity index (χ3v) is 4.83. The molecule has 0 aliphatic carbocycles. The summed E-state index contributed by atoms with van der Waals surface area (Å²) in [4.78, 5) is 48.7. The quantitative estimate of drug-likeness (QED) is 0.341. The minimum Gasteiger partial charge on any atom is -0.480 e. The van der Waals surface area contributed by atoms with E-state index in [9.17, 15) is 19.2 Å². The fraction of sp³-hybridized carbons (Fsp3) is 0.733. The Balaban J connectivity index is 1.81. The van der Waals surface area contributed by atoms with Crippen molar-refractivity contribution < 1.29 is 24.3 Å². The number of thiol groups is 1. The van der Waals surface area contributed by atoms with Crippen molar-refractivity contribution in [3.63, 3.8) is 0 Å². The summed E-state index contributed by atoms with van der Waals surface area (Å²) in [6.45, 7) is 0.834. The van der Waals surface area contributed by atoms with E-state index in [0.717, 1.165) is 19.4 Å². The summed E-state index contributed by atoms with van der Waals surface area (Å²) < 4.78 is 0. The molecule has 2 heterocycles. The van der Waals surface area contributed by atoms with Crippen molar-refractivity contribution in [2.75, 3.05) is 25.4 Å². The summed E-state index contributed by atoms with van der Waals surface area (Å²) in [6.07, 6.45) is 2.67. The minimum absolute atomic E-state index is 0.0972. The Morgan fingerprint density at radius 2 is 2.00 bits per heavy atom. The maximum Gasteiger partial charge on any atom is 0.326 e. The minimum atomic E-state index is -1.04. The lowest BCUT2D eigenvalue weighted by Gasteiger charge is -2.23. The summed E-state index contributed by atoms with van der Waals surface area (Å²) in [7, 11) is 0. The van der Waals surface area contributed by atoms with Gasteiger partial charge in [0, 0.05) is 12.3 Å². The number of nitrogens with one attached hydrogen (secondary N) is 3. The fourth-order valence-electron chi connectivity index (χ4n) is 3.08. The van der Waals surface area contributed by atoms with Crippen LogP contribution < -0.4 is 16.0 Å². The van der Waals surface area contributed by atoms with Crippen LogP contribution in [0.2, 0.25) is 0 Å². The highest BCUT2D eigenvalue weighted by Gasteiger charge is 2.34. The van der Waals surface area contributed by atoms with Crippen molar-refractivity contribution in [2.45, 2.75) is 43.8 Å². The second-order valence-corrected chi connectivity index (χ2v) is 6.56. The molecule has 0 aromatic heterocycles. The summed E-state index contributed by atoms with van der Waals surface area (Å²) in [5.41, 5.74) is 0. The lowest BCUT2D eigenvalue weighted by atomic mass is 10.2. The predicted octanol–water partition coefficient (Wildman–Crippen LogP) is -1.66. The van der Waals surface area contributed by atoms with Crippen molar-refractivity contribution in [3.8, 4) is 0 Å². The molecule has 3 amide bonds. The van der Waals surface area contributed by atoms with Crippen molar-refractivity contribution in [3.05, 3.63) is 0 Å². The van der Waals surface area contributed by atoms with Crippen LogP contribution in [0.4, 0.5) is 0 Å². The monoisotopic (exact) mass is 372 g/mol. The van der Waals surface area contributed by atoms with Crippen molar-refractivity contribution in [2.24, 2.45) is 0 Å². The van der Waals surface area contributed by atoms with Gasteiger partial charge in [0.2, 0.25) is 17.7 Å². The maximum absolute atomic E-state index is 12.2.